The first kappa shape index (κ1) is 10.2. The van der Waals surface area contributed by atoms with E-state index in [2.05, 4.69) is 5.16 Å². The normalized spacial score (nSPS) is 10.0. The van der Waals surface area contributed by atoms with Crippen molar-refractivity contribution in [2.45, 2.75) is 6.61 Å². The molecule has 0 unspecified atom stereocenters. The van der Waals surface area contributed by atoms with Gasteiger partial charge in [0, 0.05) is 6.07 Å². The molecule has 0 atom stereocenters. The van der Waals surface area contributed by atoms with Crippen LogP contribution in [0.4, 0.5) is 0 Å². The quantitative estimate of drug-likeness (QED) is 0.850. The fraction of sp³-hybridized carbons (Fsp3) is 0.0909. The smallest absolute Gasteiger partial charge is 0.358 e. The first-order valence-electron chi connectivity index (χ1n) is 4.62. The molecule has 1 aromatic carbocycles. The van der Waals surface area contributed by atoms with Crippen LogP contribution in [-0.2, 0) is 6.61 Å². The largest absolute Gasteiger partial charge is 0.486 e. The van der Waals surface area contributed by atoms with E-state index in [-0.39, 0.29) is 12.3 Å². The van der Waals surface area contributed by atoms with E-state index in [9.17, 15) is 4.79 Å². The van der Waals surface area contributed by atoms with Gasteiger partial charge in [0.25, 0.3) is 0 Å². The van der Waals surface area contributed by atoms with Crippen LogP contribution >= 0.6 is 0 Å². The van der Waals surface area contributed by atoms with Gasteiger partial charge in [-0.05, 0) is 12.1 Å². The van der Waals surface area contributed by atoms with Gasteiger partial charge in [-0.15, -0.1) is 0 Å². The molecular weight excluding hydrogens is 210 g/mol. The highest BCUT2D eigenvalue weighted by Crippen LogP contribution is 2.12. The average Bonchev–Trinajstić information content (AvgIpc) is 2.76. The highest BCUT2D eigenvalue weighted by Gasteiger charge is 2.10. The number of carbonyl (C=O) groups is 1. The van der Waals surface area contributed by atoms with E-state index in [1.54, 1.807) is 12.1 Å². The second-order valence-electron chi connectivity index (χ2n) is 3.09. The second kappa shape index (κ2) is 4.48. The molecule has 82 valence electrons. The molecule has 0 radical (unpaired) electrons. The zero-order chi connectivity index (χ0) is 11.4. The summed E-state index contributed by atoms with van der Waals surface area (Å²) in [5.41, 5.74) is -0.119. The summed E-state index contributed by atoms with van der Waals surface area (Å²) in [7, 11) is 0. The van der Waals surface area contributed by atoms with Crippen molar-refractivity contribution in [2.75, 3.05) is 0 Å². The number of rotatable bonds is 4. The van der Waals surface area contributed by atoms with E-state index in [4.69, 9.17) is 14.4 Å². The number of carboxylic acids is 1. The third-order valence-corrected chi connectivity index (χ3v) is 1.90. The number of nitrogens with zero attached hydrogens (tertiary/aromatic N) is 1. The van der Waals surface area contributed by atoms with E-state index in [1.165, 1.54) is 6.07 Å². The van der Waals surface area contributed by atoms with Gasteiger partial charge < -0.3 is 14.4 Å². The molecule has 0 aliphatic carbocycles. The molecule has 0 bridgehead atoms. The molecule has 0 saturated heterocycles. The summed E-state index contributed by atoms with van der Waals surface area (Å²) in [6, 6.07) is 10.5. The van der Waals surface area contributed by atoms with Crippen LogP contribution in [0.15, 0.2) is 40.9 Å². The Balaban J connectivity index is 1.97. The lowest BCUT2D eigenvalue weighted by molar-refractivity contribution is 0.0685. The van der Waals surface area contributed by atoms with Crippen molar-refractivity contribution >= 4 is 5.97 Å². The van der Waals surface area contributed by atoms with Crippen LogP contribution in [0.5, 0.6) is 5.75 Å². The monoisotopic (exact) mass is 219 g/mol. The van der Waals surface area contributed by atoms with Gasteiger partial charge in [-0.3, -0.25) is 0 Å². The SMILES string of the molecule is O=C(O)c1cc(COc2ccccc2)on1. The highest BCUT2D eigenvalue weighted by atomic mass is 16.5. The number of benzene rings is 1. The van der Waals surface area contributed by atoms with E-state index in [0.29, 0.717) is 11.5 Å². The molecule has 0 fully saturated rings. The Kier molecular flexibility index (Phi) is 2.86. The number of para-hydroxylation sites is 1. The number of hydrogen-bond acceptors (Lipinski definition) is 4. The topological polar surface area (TPSA) is 72.6 Å². The molecule has 0 amide bonds. The standard InChI is InChI=1S/C11H9NO4/c13-11(14)10-6-9(16-12-10)7-15-8-4-2-1-3-5-8/h1-6H,7H2,(H,13,14). The molecule has 2 aromatic rings. The molecule has 0 aliphatic heterocycles. The van der Waals surface area contributed by atoms with Crippen molar-refractivity contribution in [3.05, 3.63) is 47.9 Å². The van der Waals surface area contributed by atoms with Crippen molar-refractivity contribution in [1.29, 1.82) is 0 Å². The summed E-state index contributed by atoms with van der Waals surface area (Å²) in [5.74, 6) is -0.0493. The summed E-state index contributed by atoms with van der Waals surface area (Å²) in [4.78, 5) is 10.5. The lowest BCUT2D eigenvalue weighted by Gasteiger charge is -2.01. The zero-order valence-corrected chi connectivity index (χ0v) is 8.29. The van der Waals surface area contributed by atoms with E-state index >= 15 is 0 Å². The summed E-state index contributed by atoms with van der Waals surface area (Å²) in [6.07, 6.45) is 0. The minimum atomic E-state index is -1.12. The van der Waals surface area contributed by atoms with Crippen LogP contribution < -0.4 is 4.74 Å². The van der Waals surface area contributed by atoms with Gasteiger partial charge in [-0.2, -0.15) is 0 Å². The Hall–Kier alpha value is -2.30. The minimum Gasteiger partial charge on any atom is -0.486 e. The maximum atomic E-state index is 10.5. The molecule has 5 heteroatoms. The number of aromatic nitrogens is 1. The van der Waals surface area contributed by atoms with Crippen LogP contribution in [-0.4, -0.2) is 16.2 Å². The first-order chi connectivity index (χ1) is 7.75. The van der Waals surface area contributed by atoms with Crippen molar-refractivity contribution in [3.8, 4) is 5.75 Å². The van der Waals surface area contributed by atoms with Gasteiger partial charge >= 0.3 is 5.97 Å². The third kappa shape index (κ3) is 2.38. The Morgan fingerprint density at radius 1 is 1.38 bits per heavy atom. The van der Waals surface area contributed by atoms with Crippen LogP contribution in [0.25, 0.3) is 0 Å². The summed E-state index contributed by atoms with van der Waals surface area (Å²) < 4.78 is 10.2. The van der Waals surface area contributed by atoms with Gasteiger partial charge in [0.15, 0.2) is 11.5 Å². The van der Waals surface area contributed by atoms with Crippen molar-refractivity contribution in [1.82, 2.24) is 5.16 Å². The molecule has 0 saturated carbocycles. The fourth-order valence-corrected chi connectivity index (χ4v) is 1.15. The molecule has 2 rings (SSSR count). The lowest BCUT2D eigenvalue weighted by Crippen LogP contribution is -1.95. The molecule has 0 aliphatic rings. The Morgan fingerprint density at radius 3 is 2.75 bits per heavy atom. The summed E-state index contributed by atoms with van der Waals surface area (Å²) in [5, 5.41) is 12.0. The van der Waals surface area contributed by atoms with Crippen LogP contribution in [0.1, 0.15) is 16.2 Å². The number of carboxylic acid groups (broad SMARTS) is 1. The Morgan fingerprint density at radius 2 is 2.12 bits per heavy atom. The van der Waals surface area contributed by atoms with E-state index in [1.807, 2.05) is 18.2 Å². The van der Waals surface area contributed by atoms with Crippen molar-refractivity contribution < 1.29 is 19.2 Å². The minimum absolute atomic E-state index is 0.119. The second-order valence-corrected chi connectivity index (χ2v) is 3.09. The molecule has 16 heavy (non-hydrogen) atoms. The predicted octanol–water partition coefficient (Wildman–Crippen LogP) is 1.95. The fourth-order valence-electron chi connectivity index (χ4n) is 1.15. The molecule has 5 nitrogen and oxygen atoms in total. The van der Waals surface area contributed by atoms with Crippen LogP contribution in [0.3, 0.4) is 0 Å². The third-order valence-electron chi connectivity index (χ3n) is 1.90. The molecule has 0 spiro atoms. The van der Waals surface area contributed by atoms with Crippen LogP contribution in [0, 0.1) is 0 Å². The maximum absolute atomic E-state index is 10.5. The number of ether oxygens (including phenoxy) is 1. The van der Waals surface area contributed by atoms with E-state index < -0.39 is 5.97 Å². The molecule has 1 aromatic heterocycles. The van der Waals surface area contributed by atoms with Gasteiger partial charge in [-0.1, -0.05) is 23.4 Å². The van der Waals surface area contributed by atoms with Gasteiger partial charge in [0.05, 0.1) is 0 Å². The predicted molar refractivity (Wildman–Crippen MR) is 54.2 cm³/mol. The first-order valence-corrected chi connectivity index (χ1v) is 4.62. The number of hydrogen-bond donors (Lipinski definition) is 1. The van der Waals surface area contributed by atoms with Gasteiger partial charge in [-0.25, -0.2) is 4.79 Å². The summed E-state index contributed by atoms with van der Waals surface area (Å²) in [6.45, 7) is 0.157. The Bertz CT molecular complexity index is 478. The van der Waals surface area contributed by atoms with E-state index in [0.717, 1.165) is 0 Å². The number of aromatic carboxylic acids is 1. The van der Waals surface area contributed by atoms with Crippen molar-refractivity contribution in [2.24, 2.45) is 0 Å². The van der Waals surface area contributed by atoms with Gasteiger partial charge in [0.1, 0.15) is 12.4 Å². The molecule has 1 heterocycles. The average molecular weight is 219 g/mol. The molecular formula is C11H9NO4. The summed E-state index contributed by atoms with van der Waals surface area (Å²) >= 11 is 0. The maximum Gasteiger partial charge on any atom is 0.358 e. The zero-order valence-electron chi connectivity index (χ0n) is 8.29. The lowest BCUT2D eigenvalue weighted by atomic mass is 10.3. The molecule has 1 N–H and O–H groups in total. The van der Waals surface area contributed by atoms with Crippen molar-refractivity contribution in [3.63, 3.8) is 0 Å². The van der Waals surface area contributed by atoms with Crippen LogP contribution in [0.2, 0.25) is 0 Å². The Labute approximate surface area is 91.3 Å². The highest BCUT2D eigenvalue weighted by molar-refractivity contribution is 5.85. The van der Waals surface area contributed by atoms with Gasteiger partial charge in [0.2, 0.25) is 0 Å².